The summed E-state index contributed by atoms with van der Waals surface area (Å²) in [6.45, 7) is 0. The number of aryl methyl sites for hydroxylation is 1. The Hall–Kier alpha value is -1.85. The fraction of sp³-hybridized carbons (Fsp3) is 0.308. The number of fused-ring (bicyclic) bond motifs is 1. The Morgan fingerprint density at radius 3 is 2.89 bits per heavy atom. The van der Waals surface area contributed by atoms with Crippen molar-refractivity contribution in [2.24, 2.45) is 12.8 Å². The van der Waals surface area contributed by atoms with Gasteiger partial charge in [0.1, 0.15) is 0 Å². The number of hydrazine groups is 1. The smallest absolute Gasteiger partial charge is 0.235 e. The molecular weight excluding hydrogens is 228 g/mol. The van der Waals surface area contributed by atoms with E-state index in [0.29, 0.717) is 0 Å². The molecule has 0 bridgehead atoms. The molecule has 0 saturated carbocycles. The molecule has 2 rings (SSSR count). The molecule has 1 aromatic carbocycles. The molecule has 0 aliphatic rings. The first-order valence-electron chi connectivity index (χ1n) is 5.88. The van der Waals surface area contributed by atoms with Crippen molar-refractivity contribution in [3.05, 3.63) is 36.0 Å². The lowest BCUT2D eigenvalue weighted by Crippen LogP contribution is -2.35. The van der Waals surface area contributed by atoms with E-state index in [0.717, 1.165) is 16.5 Å². The van der Waals surface area contributed by atoms with Crippen LogP contribution < -0.4 is 16.6 Å². The van der Waals surface area contributed by atoms with Crippen LogP contribution in [0.5, 0.6) is 0 Å². The first-order valence-corrected chi connectivity index (χ1v) is 5.88. The molecule has 1 atom stereocenters. The van der Waals surface area contributed by atoms with Crippen molar-refractivity contribution in [1.82, 2.24) is 15.4 Å². The minimum absolute atomic E-state index is 0.113. The van der Waals surface area contributed by atoms with Crippen molar-refractivity contribution >= 4 is 16.8 Å². The maximum atomic E-state index is 11.5. The lowest BCUT2D eigenvalue weighted by molar-refractivity contribution is -0.122. The van der Waals surface area contributed by atoms with Crippen LogP contribution in [0.4, 0.5) is 0 Å². The highest BCUT2D eigenvalue weighted by atomic mass is 16.2. The van der Waals surface area contributed by atoms with Gasteiger partial charge in [0.05, 0.1) is 0 Å². The molecule has 0 fully saturated rings. The molecule has 2 aromatic rings. The van der Waals surface area contributed by atoms with Crippen LogP contribution in [0.3, 0.4) is 0 Å². The molecule has 1 heterocycles. The topological polar surface area (TPSA) is 72.1 Å². The summed E-state index contributed by atoms with van der Waals surface area (Å²) >= 11 is 0. The Morgan fingerprint density at radius 1 is 1.44 bits per heavy atom. The lowest BCUT2D eigenvalue weighted by atomic mass is 10.0. The van der Waals surface area contributed by atoms with Gasteiger partial charge in [0.25, 0.3) is 0 Å². The minimum Gasteiger partial charge on any atom is -0.350 e. The van der Waals surface area contributed by atoms with Crippen LogP contribution in [0.1, 0.15) is 18.0 Å². The summed E-state index contributed by atoms with van der Waals surface area (Å²) in [5, 5.41) is 1.10. The number of carbonyl (C=O) groups excluding carboxylic acids is 1. The standard InChI is InChI=1S/C13H18N4O/c1-15-16-13(18)7-11(14)10-8-17(2)12-6-4-3-5-9(10)12/h3-6,8,11,15H,7,14H2,1-2H3,(H,16,18). The van der Waals surface area contributed by atoms with Crippen molar-refractivity contribution in [3.63, 3.8) is 0 Å². The Kier molecular flexibility index (Phi) is 3.64. The van der Waals surface area contributed by atoms with Gasteiger partial charge in [-0.3, -0.25) is 10.2 Å². The van der Waals surface area contributed by atoms with Gasteiger partial charge >= 0.3 is 0 Å². The second-order valence-corrected chi connectivity index (χ2v) is 4.32. The van der Waals surface area contributed by atoms with E-state index in [1.54, 1.807) is 7.05 Å². The van der Waals surface area contributed by atoms with Crippen LogP contribution in [0, 0.1) is 0 Å². The molecule has 96 valence electrons. The van der Waals surface area contributed by atoms with Gasteiger partial charge in [0.2, 0.25) is 5.91 Å². The maximum absolute atomic E-state index is 11.5. The van der Waals surface area contributed by atoms with Crippen LogP contribution in [-0.4, -0.2) is 17.5 Å². The first kappa shape index (κ1) is 12.6. The summed E-state index contributed by atoms with van der Waals surface area (Å²) in [5.74, 6) is -0.113. The second kappa shape index (κ2) is 5.20. The maximum Gasteiger partial charge on any atom is 0.235 e. The third-order valence-corrected chi connectivity index (χ3v) is 3.00. The Bertz CT molecular complexity index is 561. The SMILES string of the molecule is CNNC(=O)CC(N)c1cn(C)c2ccccc12. The van der Waals surface area contributed by atoms with E-state index in [9.17, 15) is 4.79 Å². The summed E-state index contributed by atoms with van der Waals surface area (Å²) in [6, 6.07) is 7.74. The number of benzene rings is 1. The normalized spacial score (nSPS) is 12.6. The molecule has 0 radical (unpaired) electrons. The van der Waals surface area contributed by atoms with E-state index >= 15 is 0 Å². The van der Waals surface area contributed by atoms with Gasteiger partial charge in [-0.15, -0.1) is 0 Å². The Labute approximate surface area is 106 Å². The molecule has 0 aliphatic heterocycles. The van der Waals surface area contributed by atoms with Crippen molar-refractivity contribution in [3.8, 4) is 0 Å². The number of nitrogens with one attached hydrogen (secondary N) is 2. The third-order valence-electron chi connectivity index (χ3n) is 3.00. The lowest BCUT2D eigenvalue weighted by Gasteiger charge is -2.10. The molecule has 5 heteroatoms. The molecule has 1 unspecified atom stereocenters. The van der Waals surface area contributed by atoms with E-state index < -0.39 is 0 Å². The van der Waals surface area contributed by atoms with Crippen LogP contribution in [0.25, 0.3) is 10.9 Å². The molecule has 1 amide bonds. The number of hydrogen-bond acceptors (Lipinski definition) is 3. The highest BCUT2D eigenvalue weighted by Crippen LogP contribution is 2.26. The van der Waals surface area contributed by atoms with Crippen LogP contribution in [-0.2, 0) is 11.8 Å². The van der Waals surface area contributed by atoms with E-state index in [-0.39, 0.29) is 18.4 Å². The fourth-order valence-corrected chi connectivity index (χ4v) is 2.17. The fourth-order valence-electron chi connectivity index (χ4n) is 2.17. The van der Waals surface area contributed by atoms with Gasteiger partial charge in [0.15, 0.2) is 0 Å². The number of rotatable bonds is 4. The predicted molar refractivity (Wildman–Crippen MR) is 71.7 cm³/mol. The quantitative estimate of drug-likeness (QED) is 0.699. The number of hydrogen-bond donors (Lipinski definition) is 3. The average molecular weight is 246 g/mol. The van der Waals surface area contributed by atoms with Crippen LogP contribution in [0.15, 0.2) is 30.5 Å². The van der Waals surface area contributed by atoms with Gasteiger partial charge in [0, 0.05) is 43.7 Å². The van der Waals surface area contributed by atoms with Crippen molar-refractivity contribution in [1.29, 1.82) is 0 Å². The average Bonchev–Trinajstić information content (AvgIpc) is 2.68. The molecular formula is C13H18N4O. The summed E-state index contributed by atoms with van der Waals surface area (Å²) in [6.07, 6.45) is 2.25. The summed E-state index contributed by atoms with van der Waals surface area (Å²) in [5.41, 5.74) is 13.4. The van der Waals surface area contributed by atoms with Gasteiger partial charge < -0.3 is 10.3 Å². The third kappa shape index (κ3) is 2.37. The van der Waals surface area contributed by atoms with Crippen molar-refractivity contribution in [2.45, 2.75) is 12.5 Å². The van der Waals surface area contributed by atoms with E-state index in [1.165, 1.54) is 0 Å². The van der Waals surface area contributed by atoms with Crippen molar-refractivity contribution in [2.75, 3.05) is 7.05 Å². The van der Waals surface area contributed by atoms with Gasteiger partial charge in [-0.1, -0.05) is 18.2 Å². The highest BCUT2D eigenvalue weighted by molar-refractivity contribution is 5.85. The zero-order chi connectivity index (χ0) is 13.1. The summed E-state index contributed by atoms with van der Waals surface area (Å²) in [7, 11) is 3.63. The van der Waals surface area contributed by atoms with E-state index in [4.69, 9.17) is 5.73 Å². The largest absolute Gasteiger partial charge is 0.350 e. The highest BCUT2D eigenvalue weighted by Gasteiger charge is 2.16. The molecule has 5 nitrogen and oxygen atoms in total. The molecule has 1 aromatic heterocycles. The van der Waals surface area contributed by atoms with Gasteiger partial charge in [-0.05, 0) is 11.6 Å². The molecule has 4 N–H and O–H groups in total. The zero-order valence-electron chi connectivity index (χ0n) is 10.6. The van der Waals surface area contributed by atoms with E-state index in [2.05, 4.69) is 10.9 Å². The van der Waals surface area contributed by atoms with Gasteiger partial charge in [-0.2, -0.15) is 0 Å². The van der Waals surface area contributed by atoms with Crippen molar-refractivity contribution < 1.29 is 4.79 Å². The Balaban J connectivity index is 2.28. The second-order valence-electron chi connectivity index (χ2n) is 4.32. The van der Waals surface area contributed by atoms with Gasteiger partial charge in [-0.25, -0.2) is 5.43 Å². The minimum atomic E-state index is -0.301. The number of aromatic nitrogens is 1. The number of nitrogens with zero attached hydrogens (tertiary/aromatic N) is 1. The van der Waals surface area contributed by atoms with Crippen LogP contribution in [0.2, 0.25) is 0 Å². The number of amides is 1. The molecule has 0 aliphatic carbocycles. The summed E-state index contributed by atoms with van der Waals surface area (Å²) < 4.78 is 2.03. The predicted octanol–water partition coefficient (Wildman–Crippen LogP) is 0.819. The van der Waals surface area contributed by atoms with E-state index in [1.807, 2.05) is 42.1 Å². The Morgan fingerprint density at radius 2 is 2.17 bits per heavy atom. The first-order chi connectivity index (χ1) is 8.63. The van der Waals surface area contributed by atoms with Crippen LogP contribution >= 0.6 is 0 Å². The molecule has 0 saturated heterocycles. The number of nitrogens with two attached hydrogens (primary N) is 1. The monoisotopic (exact) mass is 246 g/mol. The molecule has 0 spiro atoms. The molecule has 18 heavy (non-hydrogen) atoms. The summed E-state index contributed by atoms with van der Waals surface area (Å²) in [4.78, 5) is 11.5. The number of para-hydroxylation sites is 1. The zero-order valence-corrected chi connectivity index (χ0v) is 10.6. The number of carbonyl (C=O) groups is 1.